The van der Waals surface area contributed by atoms with Crippen LogP contribution < -0.4 is 5.32 Å². The Bertz CT molecular complexity index is 354. The van der Waals surface area contributed by atoms with E-state index in [9.17, 15) is 4.39 Å². The fourth-order valence-electron chi connectivity index (χ4n) is 2.01. The molecule has 1 unspecified atom stereocenters. The molecular weight excluding hydrogens is 253 g/mol. The number of hydrogen-bond donors (Lipinski definition) is 2. The number of halogens is 2. The third-order valence-electron chi connectivity index (χ3n) is 2.98. The number of nitrogens with one attached hydrogen (secondary N) is 1. The maximum Gasteiger partial charge on any atom is 0.141 e. The fraction of sp³-hybridized carbons (Fsp3) is 0.571. The van der Waals surface area contributed by atoms with Crippen molar-refractivity contribution in [2.24, 2.45) is 5.92 Å². The van der Waals surface area contributed by atoms with Gasteiger partial charge in [-0.3, -0.25) is 0 Å². The predicted molar refractivity (Wildman–Crippen MR) is 73.2 cm³/mol. The molecule has 1 atom stereocenters. The van der Waals surface area contributed by atoms with Crippen molar-refractivity contribution in [1.29, 1.82) is 0 Å². The fourth-order valence-corrected chi connectivity index (χ4v) is 2.21. The molecule has 0 radical (unpaired) electrons. The summed E-state index contributed by atoms with van der Waals surface area (Å²) in [6.45, 7) is 3.91. The largest absolute Gasteiger partial charge is 0.396 e. The van der Waals surface area contributed by atoms with Crippen LogP contribution in [0.4, 0.5) is 4.39 Å². The Balaban J connectivity index is 2.37. The monoisotopic (exact) mass is 273 g/mol. The van der Waals surface area contributed by atoms with E-state index in [1.165, 1.54) is 6.07 Å². The highest BCUT2D eigenvalue weighted by atomic mass is 35.5. The van der Waals surface area contributed by atoms with Crippen LogP contribution >= 0.6 is 11.6 Å². The molecule has 0 saturated heterocycles. The number of hydrogen-bond acceptors (Lipinski definition) is 2. The Morgan fingerprint density at radius 1 is 1.39 bits per heavy atom. The van der Waals surface area contributed by atoms with Crippen LogP contribution in [0.3, 0.4) is 0 Å². The van der Waals surface area contributed by atoms with Crippen LogP contribution in [0.2, 0.25) is 5.02 Å². The third kappa shape index (κ3) is 5.34. The Morgan fingerprint density at radius 3 is 2.78 bits per heavy atom. The third-order valence-corrected chi connectivity index (χ3v) is 3.27. The highest BCUT2D eigenvalue weighted by Crippen LogP contribution is 2.16. The highest BCUT2D eigenvalue weighted by molar-refractivity contribution is 6.30. The van der Waals surface area contributed by atoms with Crippen molar-refractivity contribution in [3.05, 3.63) is 34.6 Å². The molecule has 0 aromatic heterocycles. The first-order valence-corrected chi connectivity index (χ1v) is 6.80. The topological polar surface area (TPSA) is 32.3 Å². The first kappa shape index (κ1) is 15.4. The van der Waals surface area contributed by atoms with Crippen molar-refractivity contribution in [3.63, 3.8) is 0 Å². The molecule has 1 aromatic carbocycles. The van der Waals surface area contributed by atoms with Crippen LogP contribution in [0.1, 0.15) is 31.7 Å². The van der Waals surface area contributed by atoms with E-state index >= 15 is 0 Å². The first-order chi connectivity index (χ1) is 8.67. The van der Waals surface area contributed by atoms with E-state index in [0.29, 0.717) is 12.5 Å². The molecule has 2 N–H and O–H groups in total. The predicted octanol–water partition coefficient (Wildman–Crippen LogP) is 3.37. The number of aliphatic hydroxyl groups excluding tert-OH is 1. The van der Waals surface area contributed by atoms with Crippen LogP contribution in [-0.4, -0.2) is 18.3 Å². The first-order valence-electron chi connectivity index (χ1n) is 6.42. The SMILES string of the molecule is CCCC(CCO)CNCc1ccc(F)c(Cl)c1. The molecule has 0 heterocycles. The molecule has 18 heavy (non-hydrogen) atoms. The van der Waals surface area contributed by atoms with Gasteiger partial charge in [0.1, 0.15) is 5.82 Å². The van der Waals surface area contributed by atoms with Crippen molar-refractivity contribution in [1.82, 2.24) is 5.32 Å². The lowest BCUT2D eigenvalue weighted by molar-refractivity contribution is 0.248. The van der Waals surface area contributed by atoms with Gasteiger partial charge in [0.25, 0.3) is 0 Å². The van der Waals surface area contributed by atoms with Crippen molar-refractivity contribution < 1.29 is 9.50 Å². The Morgan fingerprint density at radius 2 is 2.17 bits per heavy atom. The number of benzene rings is 1. The van der Waals surface area contributed by atoms with Gasteiger partial charge in [0, 0.05) is 13.2 Å². The average molecular weight is 274 g/mol. The summed E-state index contributed by atoms with van der Waals surface area (Å²) in [6.07, 6.45) is 3.05. The molecule has 2 nitrogen and oxygen atoms in total. The van der Waals surface area contributed by atoms with Gasteiger partial charge in [0.05, 0.1) is 5.02 Å². The second-order valence-electron chi connectivity index (χ2n) is 4.55. The van der Waals surface area contributed by atoms with E-state index in [1.807, 2.05) is 0 Å². The molecule has 0 aliphatic heterocycles. The lowest BCUT2D eigenvalue weighted by Crippen LogP contribution is -2.23. The molecule has 4 heteroatoms. The maximum absolute atomic E-state index is 13.0. The Kier molecular flexibility index (Phi) is 7.25. The molecule has 0 saturated carbocycles. The van der Waals surface area contributed by atoms with Gasteiger partial charge >= 0.3 is 0 Å². The number of aliphatic hydroxyl groups is 1. The van der Waals surface area contributed by atoms with Crippen molar-refractivity contribution in [2.45, 2.75) is 32.7 Å². The van der Waals surface area contributed by atoms with E-state index in [2.05, 4.69) is 12.2 Å². The van der Waals surface area contributed by atoms with E-state index in [-0.39, 0.29) is 17.4 Å². The zero-order valence-electron chi connectivity index (χ0n) is 10.8. The zero-order chi connectivity index (χ0) is 13.4. The minimum Gasteiger partial charge on any atom is -0.396 e. The summed E-state index contributed by atoms with van der Waals surface area (Å²) in [6, 6.07) is 4.76. The molecule has 1 rings (SSSR count). The van der Waals surface area contributed by atoms with Gasteiger partial charge in [-0.25, -0.2) is 4.39 Å². The van der Waals surface area contributed by atoms with Gasteiger partial charge in [0.15, 0.2) is 0 Å². The smallest absolute Gasteiger partial charge is 0.141 e. The molecular formula is C14H21ClFNO. The lowest BCUT2D eigenvalue weighted by Gasteiger charge is -2.15. The minimum absolute atomic E-state index is 0.162. The summed E-state index contributed by atoms with van der Waals surface area (Å²) in [5.74, 6) is 0.112. The van der Waals surface area contributed by atoms with Crippen LogP contribution in [0.15, 0.2) is 18.2 Å². The quantitative estimate of drug-likeness (QED) is 0.761. The zero-order valence-corrected chi connectivity index (χ0v) is 11.5. The van der Waals surface area contributed by atoms with Crippen LogP contribution in [0, 0.1) is 11.7 Å². The Hall–Kier alpha value is -0.640. The summed E-state index contributed by atoms with van der Waals surface area (Å²) in [7, 11) is 0. The van der Waals surface area contributed by atoms with Gasteiger partial charge in [-0.15, -0.1) is 0 Å². The average Bonchev–Trinajstić information content (AvgIpc) is 2.34. The molecule has 0 aliphatic rings. The second kappa shape index (κ2) is 8.46. The van der Waals surface area contributed by atoms with Crippen molar-refractivity contribution in [3.8, 4) is 0 Å². The van der Waals surface area contributed by atoms with Gasteiger partial charge < -0.3 is 10.4 Å². The van der Waals surface area contributed by atoms with Crippen LogP contribution in [0.5, 0.6) is 0 Å². The van der Waals surface area contributed by atoms with E-state index in [0.717, 1.165) is 31.4 Å². The normalized spacial score (nSPS) is 12.7. The van der Waals surface area contributed by atoms with Gasteiger partial charge in [-0.2, -0.15) is 0 Å². The maximum atomic E-state index is 13.0. The van der Waals surface area contributed by atoms with Gasteiger partial charge in [-0.05, 0) is 43.0 Å². The molecule has 0 bridgehead atoms. The molecule has 1 aromatic rings. The number of rotatable bonds is 8. The summed E-state index contributed by atoms with van der Waals surface area (Å²) in [5, 5.41) is 12.4. The molecule has 102 valence electrons. The van der Waals surface area contributed by atoms with E-state index in [4.69, 9.17) is 16.7 Å². The second-order valence-corrected chi connectivity index (χ2v) is 4.95. The van der Waals surface area contributed by atoms with Gasteiger partial charge in [0.2, 0.25) is 0 Å². The molecule has 0 fully saturated rings. The Labute approximate surface area is 113 Å². The van der Waals surface area contributed by atoms with E-state index < -0.39 is 0 Å². The standard InChI is InChI=1S/C14H21ClFNO/c1-2-3-11(6-7-18)9-17-10-12-4-5-14(16)13(15)8-12/h4-5,8,11,17-18H,2-3,6-7,9-10H2,1H3. The highest BCUT2D eigenvalue weighted by Gasteiger charge is 2.07. The lowest BCUT2D eigenvalue weighted by atomic mass is 10.0. The van der Waals surface area contributed by atoms with Crippen molar-refractivity contribution >= 4 is 11.6 Å². The van der Waals surface area contributed by atoms with Crippen LogP contribution in [-0.2, 0) is 6.54 Å². The summed E-state index contributed by atoms with van der Waals surface area (Å²) in [5.41, 5.74) is 0.973. The molecule has 0 spiro atoms. The van der Waals surface area contributed by atoms with E-state index in [1.54, 1.807) is 12.1 Å². The molecule has 0 amide bonds. The minimum atomic E-state index is -0.385. The van der Waals surface area contributed by atoms with Crippen LogP contribution in [0.25, 0.3) is 0 Å². The van der Waals surface area contributed by atoms with Crippen molar-refractivity contribution in [2.75, 3.05) is 13.2 Å². The van der Waals surface area contributed by atoms with Gasteiger partial charge in [-0.1, -0.05) is 31.0 Å². The summed E-state index contributed by atoms with van der Waals surface area (Å²) >= 11 is 5.72. The summed E-state index contributed by atoms with van der Waals surface area (Å²) < 4.78 is 13.0. The summed E-state index contributed by atoms with van der Waals surface area (Å²) in [4.78, 5) is 0. The molecule has 0 aliphatic carbocycles.